The van der Waals surface area contributed by atoms with Crippen LogP contribution in [0.4, 0.5) is 5.69 Å². The lowest BCUT2D eigenvalue weighted by molar-refractivity contribution is -0.180. The number of pyridine rings is 1. The van der Waals surface area contributed by atoms with Gasteiger partial charge in [-0.25, -0.2) is 15.0 Å². The number of nitrogens with zero attached hydrogens (tertiary/aromatic N) is 4. The predicted octanol–water partition coefficient (Wildman–Crippen LogP) is 0.851. The Bertz CT molecular complexity index is 1620. The van der Waals surface area contributed by atoms with Crippen molar-refractivity contribution < 1.29 is 71.4 Å². The van der Waals surface area contributed by atoms with Gasteiger partial charge in [-0.3, -0.25) is 33.6 Å². The van der Waals surface area contributed by atoms with Crippen LogP contribution in [0.2, 0.25) is 0 Å². The minimum absolute atomic E-state index is 0.220. The van der Waals surface area contributed by atoms with Crippen molar-refractivity contribution in [2.75, 3.05) is 165 Å². The predicted molar refractivity (Wildman–Crippen MR) is 243 cm³/mol. The van der Waals surface area contributed by atoms with Gasteiger partial charge in [0.05, 0.1) is 144 Å². The number of rotatable bonds is 42. The summed E-state index contributed by atoms with van der Waals surface area (Å²) in [5, 5.41) is 4.69. The van der Waals surface area contributed by atoms with Gasteiger partial charge >= 0.3 is 0 Å². The van der Waals surface area contributed by atoms with Crippen LogP contribution in [0, 0.1) is 0 Å². The van der Waals surface area contributed by atoms with Gasteiger partial charge in [-0.1, -0.05) is 6.92 Å². The van der Waals surface area contributed by atoms with E-state index in [1.165, 1.54) is 17.0 Å². The van der Waals surface area contributed by atoms with Crippen molar-refractivity contribution in [1.29, 1.82) is 0 Å². The van der Waals surface area contributed by atoms with Gasteiger partial charge in [0.1, 0.15) is 17.4 Å². The van der Waals surface area contributed by atoms with Gasteiger partial charge in [0, 0.05) is 55.5 Å². The highest BCUT2D eigenvalue weighted by atomic mass is 32.2. The molecule has 0 radical (unpaired) electrons. The van der Waals surface area contributed by atoms with Crippen LogP contribution in [0.3, 0.4) is 0 Å². The van der Waals surface area contributed by atoms with E-state index < -0.39 is 17.7 Å². The van der Waals surface area contributed by atoms with E-state index >= 15 is 0 Å². The summed E-state index contributed by atoms with van der Waals surface area (Å²) >= 11 is 1.36. The van der Waals surface area contributed by atoms with E-state index in [-0.39, 0.29) is 32.0 Å². The number of carbonyl (C=O) groups is 4. The average Bonchev–Trinajstić information content (AvgIpc) is 3.51. The lowest BCUT2D eigenvalue weighted by Gasteiger charge is -2.21. The number of imide groups is 1. The van der Waals surface area contributed by atoms with Gasteiger partial charge in [0.2, 0.25) is 5.91 Å². The van der Waals surface area contributed by atoms with Crippen molar-refractivity contribution in [3.63, 3.8) is 0 Å². The van der Waals surface area contributed by atoms with Crippen LogP contribution < -0.4 is 15.8 Å². The summed E-state index contributed by atoms with van der Waals surface area (Å²) in [4.78, 5) is 63.2. The van der Waals surface area contributed by atoms with E-state index in [9.17, 15) is 19.2 Å². The van der Waals surface area contributed by atoms with E-state index in [1.54, 1.807) is 12.3 Å². The third kappa shape index (κ3) is 25.8. The Morgan fingerprint density at radius 3 is 1.61 bits per heavy atom. The zero-order chi connectivity index (χ0) is 47.3. The number of nitrogens with two attached hydrogens (primary N) is 1. The lowest BCUT2D eigenvalue weighted by atomic mass is 10.1. The highest BCUT2D eigenvalue weighted by Crippen LogP contribution is 2.29. The molecule has 4 N–H and O–H groups in total. The molecular formula is C43H69N7O15S. The third-order valence-corrected chi connectivity index (χ3v) is 9.49. The molecular weight excluding hydrogens is 887 g/mol. The van der Waals surface area contributed by atoms with Crippen LogP contribution in [-0.2, 0) is 71.4 Å². The minimum Gasteiger partial charge on any atom is -0.387 e. The highest BCUT2D eigenvalue weighted by molar-refractivity contribution is 7.97. The monoisotopic (exact) mass is 955 g/mol. The van der Waals surface area contributed by atoms with Gasteiger partial charge in [-0.2, -0.15) is 0 Å². The summed E-state index contributed by atoms with van der Waals surface area (Å²) in [5.74, 6) is -1.29. The maximum Gasteiger partial charge on any atom is 0.273 e. The molecule has 4 amide bonds. The molecule has 0 aliphatic carbocycles. The van der Waals surface area contributed by atoms with Crippen molar-refractivity contribution in [3.05, 3.63) is 35.6 Å². The summed E-state index contributed by atoms with van der Waals surface area (Å²) in [6.45, 7) is 14.0. The molecule has 0 saturated heterocycles. The lowest BCUT2D eigenvalue weighted by Crippen LogP contribution is -2.41. The zero-order valence-electron chi connectivity index (χ0n) is 38.4. The van der Waals surface area contributed by atoms with E-state index in [2.05, 4.69) is 20.0 Å². The molecule has 66 heavy (non-hydrogen) atoms. The van der Waals surface area contributed by atoms with Crippen LogP contribution in [0.5, 0.6) is 0 Å². The third-order valence-electron chi connectivity index (χ3n) is 8.71. The Balaban J connectivity index is 0.980. The smallest absolute Gasteiger partial charge is 0.273 e. The first kappa shape index (κ1) is 56.4. The number of aliphatic imine (C=N–C) groups is 1. The molecule has 2 aliphatic heterocycles. The Kier molecular flexibility index (Phi) is 31.7. The molecule has 0 spiro atoms. The van der Waals surface area contributed by atoms with Crippen LogP contribution >= 0.6 is 11.9 Å². The van der Waals surface area contributed by atoms with Crippen LogP contribution in [0.1, 0.15) is 32.3 Å². The van der Waals surface area contributed by atoms with Gasteiger partial charge in [0.15, 0.2) is 0 Å². The molecule has 372 valence electrons. The standard InChI is InChI=1S/C43H69N7O15S/c1-3-9-50(65-4-2)43(54)35-30-36-33-46-40(32-37(36)48-38(44)31-35)66-47-8-11-56-13-15-58-17-19-60-21-23-62-25-27-64-29-28-63-26-24-61-22-20-59-18-16-57-14-12-55-10-7-45-39(51)34-49-41(52)5-6-42(49)53/h5-6,30,32-33,47H,3-4,7-29,31,34H2,1-2H3,(H2,44,48)(H,45,51). The largest absolute Gasteiger partial charge is 0.387 e. The number of carbonyl (C=O) groups excluding carboxylic acids is 4. The minimum atomic E-state index is -0.496. The fourth-order valence-corrected chi connectivity index (χ4v) is 6.19. The maximum atomic E-state index is 13.1. The molecule has 23 heteroatoms. The number of hydroxylamine groups is 2. The molecule has 3 rings (SSSR count). The van der Waals surface area contributed by atoms with E-state index in [0.717, 1.165) is 34.1 Å². The second kappa shape index (κ2) is 37.1. The molecule has 0 unspecified atom stereocenters. The number of hydrogen-bond acceptors (Lipinski definition) is 20. The van der Waals surface area contributed by atoms with Crippen molar-refractivity contribution in [1.82, 2.24) is 25.0 Å². The summed E-state index contributed by atoms with van der Waals surface area (Å²) < 4.78 is 58.2. The van der Waals surface area contributed by atoms with Gasteiger partial charge in [0.25, 0.3) is 17.7 Å². The Labute approximate surface area is 391 Å². The topological polar surface area (TPSA) is 252 Å². The number of hydrogen-bond donors (Lipinski definition) is 3. The number of nitrogens with one attached hydrogen (secondary N) is 2. The summed E-state index contributed by atoms with van der Waals surface area (Å²) in [5.41, 5.74) is 8.04. The molecule has 0 fully saturated rings. The fourth-order valence-electron chi connectivity index (χ4n) is 5.58. The number of amidine groups is 1. The number of fused-ring (bicyclic) bond motifs is 1. The van der Waals surface area contributed by atoms with Crippen molar-refractivity contribution in [2.45, 2.75) is 31.7 Å². The molecule has 0 aromatic carbocycles. The SMILES string of the molecule is CCCN(OCC)C(=O)C1=Cc2cnc(SNCCOCCOCCOCCOCCOCCOCCOCCOCCOCCOCCNC(=O)CN3C(=O)C=CC3=O)cc2N=C(N)C1. The first-order chi connectivity index (χ1) is 32.3. The van der Waals surface area contributed by atoms with E-state index in [4.69, 9.17) is 57.9 Å². The highest BCUT2D eigenvalue weighted by Gasteiger charge is 2.25. The van der Waals surface area contributed by atoms with Crippen LogP contribution in [-0.4, -0.2) is 209 Å². The van der Waals surface area contributed by atoms with Crippen LogP contribution in [0.15, 0.2) is 40.0 Å². The molecule has 0 atom stereocenters. The van der Waals surface area contributed by atoms with Gasteiger partial charge < -0.3 is 58.4 Å². The van der Waals surface area contributed by atoms with E-state index in [1.807, 2.05) is 19.9 Å². The molecule has 0 bridgehead atoms. The molecule has 2 aliphatic rings. The molecule has 0 saturated carbocycles. The van der Waals surface area contributed by atoms with Crippen molar-refractivity contribution in [2.24, 2.45) is 10.7 Å². The molecule has 22 nitrogen and oxygen atoms in total. The summed E-state index contributed by atoms with van der Waals surface area (Å²) in [6, 6.07) is 1.84. The quantitative estimate of drug-likeness (QED) is 0.0356. The fraction of sp³-hybridized carbons (Fsp3) is 0.674. The summed E-state index contributed by atoms with van der Waals surface area (Å²) in [6.07, 6.45) is 6.74. The first-order valence-corrected chi connectivity index (χ1v) is 23.1. The number of amides is 4. The molecule has 1 aromatic rings. The van der Waals surface area contributed by atoms with Crippen molar-refractivity contribution in [3.8, 4) is 0 Å². The van der Waals surface area contributed by atoms with Crippen LogP contribution in [0.25, 0.3) is 6.08 Å². The van der Waals surface area contributed by atoms with Crippen molar-refractivity contribution >= 4 is 53.2 Å². The second-order valence-corrected chi connectivity index (χ2v) is 14.8. The second-order valence-electron chi connectivity index (χ2n) is 13.9. The first-order valence-electron chi connectivity index (χ1n) is 22.3. The van der Waals surface area contributed by atoms with E-state index in [0.29, 0.717) is 162 Å². The summed E-state index contributed by atoms with van der Waals surface area (Å²) in [7, 11) is 0. The average molecular weight is 956 g/mol. The Hall–Kier alpha value is -3.95. The number of aromatic nitrogens is 1. The normalized spacial score (nSPS) is 13.5. The van der Waals surface area contributed by atoms with Gasteiger partial charge in [-0.15, -0.1) is 0 Å². The maximum absolute atomic E-state index is 13.1. The molecule has 3 heterocycles. The number of ether oxygens (including phenoxy) is 10. The van der Waals surface area contributed by atoms with Gasteiger partial charge in [-0.05, 0) is 37.4 Å². The zero-order valence-corrected chi connectivity index (χ0v) is 39.2. The molecule has 1 aromatic heterocycles. The Morgan fingerprint density at radius 2 is 1.15 bits per heavy atom. The Morgan fingerprint density at radius 1 is 0.697 bits per heavy atom.